The van der Waals surface area contributed by atoms with Crippen molar-refractivity contribution in [2.24, 2.45) is 11.8 Å². The SMILES string of the molecule is CN1CCC(C(F)CON)CC1. The van der Waals surface area contributed by atoms with E-state index in [2.05, 4.69) is 16.8 Å². The Morgan fingerprint density at radius 2 is 2.17 bits per heavy atom. The summed E-state index contributed by atoms with van der Waals surface area (Å²) >= 11 is 0. The number of nitrogens with two attached hydrogens (primary N) is 1. The second-order valence-corrected chi connectivity index (χ2v) is 3.49. The van der Waals surface area contributed by atoms with Gasteiger partial charge in [-0.1, -0.05) is 0 Å². The van der Waals surface area contributed by atoms with Crippen LogP contribution in [-0.4, -0.2) is 37.8 Å². The molecule has 1 atom stereocenters. The highest BCUT2D eigenvalue weighted by molar-refractivity contribution is 4.75. The number of nitrogens with zero attached hydrogens (tertiary/aromatic N) is 1. The lowest BCUT2D eigenvalue weighted by atomic mass is 9.93. The fraction of sp³-hybridized carbons (Fsp3) is 1.00. The fourth-order valence-corrected chi connectivity index (χ4v) is 1.62. The van der Waals surface area contributed by atoms with Gasteiger partial charge < -0.3 is 9.74 Å². The van der Waals surface area contributed by atoms with Gasteiger partial charge in [0, 0.05) is 0 Å². The van der Waals surface area contributed by atoms with E-state index in [9.17, 15) is 4.39 Å². The quantitative estimate of drug-likeness (QED) is 0.638. The Hall–Kier alpha value is -0.190. The lowest BCUT2D eigenvalue weighted by Crippen LogP contribution is -2.35. The average Bonchev–Trinajstić information content (AvgIpc) is 2.06. The fourth-order valence-electron chi connectivity index (χ4n) is 1.62. The van der Waals surface area contributed by atoms with Crippen molar-refractivity contribution in [3.8, 4) is 0 Å². The van der Waals surface area contributed by atoms with Crippen molar-refractivity contribution in [1.82, 2.24) is 4.90 Å². The number of hydrogen-bond donors (Lipinski definition) is 1. The van der Waals surface area contributed by atoms with Gasteiger partial charge >= 0.3 is 0 Å². The number of rotatable bonds is 3. The van der Waals surface area contributed by atoms with E-state index in [0.29, 0.717) is 0 Å². The van der Waals surface area contributed by atoms with Gasteiger partial charge in [-0.3, -0.25) is 0 Å². The molecule has 0 saturated carbocycles. The van der Waals surface area contributed by atoms with Crippen LogP contribution in [0.5, 0.6) is 0 Å². The summed E-state index contributed by atoms with van der Waals surface area (Å²) in [4.78, 5) is 6.51. The number of hydrogen-bond acceptors (Lipinski definition) is 3. The van der Waals surface area contributed by atoms with Crippen LogP contribution >= 0.6 is 0 Å². The Bertz CT molecular complexity index is 126. The number of halogens is 1. The van der Waals surface area contributed by atoms with E-state index >= 15 is 0 Å². The minimum Gasteiger partial charge on any atom is -0.306 e. The van der Waals surface area contributed by atoms with Gasteiger partial charge in [0.2, 0.25) is 0 Å². The molecule has 0 aromatic rings. The van der Waals surface area contributed by atoms with E-state index in [1.807, 2.05) is 0 Å². The molecule has 0 amide bonds. The molecule has 1 aliphatic heterocycles. The van der Waals surface area contributed by atoms with Crippen molar-refractivity contribution in [3.63, 3.8) is 0 Å². The van der Waals surface area contributed by atoms with Crippen LogP contribution in [0.1, 0.15) is 12.8 Å². The maximum absolute atomic E-state index is 13.2. The Morgan fingerprint density at radius 3 is 2.67 bits per heavy atom. The Labute approximate surface area is 72.6 Å². The third-order valence-electron chi connectivity index (χ3n) is 2.53. The minimum atomic E-state index is -0.885. The molecule has 72 valence electrons. The van der Waals surface area contributed by atoms with Crippen LogP contribution in [-0.2, 0) is 4.84 Å². The molecule has 1 fully saturated rings. The lowest BCUT2D eigenvalue weighted by molar-refractivity contribution is 0.0362. The first-order valence-corrected chi connectivity index (χ1v) is 4.38. The van der Waals surface area contributed by atoms with Gasteiger partial charge in [0.25, 0.3) is 0 Å². The standard InChI is InChI=1S/C8H17FN2O/c1-11-4-2-7(3-5-11)8(9)6-12-10/h7-8H,2-6,10H2,1H3. The molecule has 2 N–H and O–H groups in total. The van der Waals surface area contributed by atoms with Crippen molar-refractivity contribution in [2.75, 3.05) is 26.7 Å². The van der Waals surface area contributed by atoms with Crippen LogP contribution < -0.4 is 5.90 Å². The van der Waals surface area contributed by atoms with Crippen LogP contribution in [0.15, 0.2) is 0 Å². The molecule has 3 nitrogen and oxygen atoms in total. The Morgan fingerprint density at radius 1 is 1.58 bits per heavy atom. The first kappa shape index (κ1) is 9.89. The van der Waals surface area contributed by atoms with Gasteiger partial charge in [0.15, 0.2) is 0 Å². The highest BCUT2D eigenvalue weighted by atomic mass is 19.1. The summed E-state index contributed by atoms with van der Waals surface area (Å²) in [7, 11) is 2.06. The summed E-state index contributed by atoms with van der Waals surface area (Å²) in [6.45, 7) is 2.00. The predicted molar refractivity (Wildman–Crippen MR) is 45.3 cm³/mol. The number of alkyl halides is 1. The first-order chi connectivity index (χ1) is 5.74. The van der Waals surface area contributed by atoms with E-state index < -0.39 is 6.17 Å². The molecule has 0 bridgehead atoms. The van der Waals surface area contributed by atoms with E-state index in [0.717, 1.165) is 25.9 Å². The van der Waals surface area contributed by atoms with Crippen LogP contribution in [0.4, 0.5) is 4.39 Å². The lowest BCUT2D eigenvalue weighted by Gasteiger charge is -2.30. The third-order valence-corrected chi connectivity index (χ3v) is 2.53. The van der Waals surface area contributed by atoms with Gasteiger partial charge in [0.05, 0.1) is 6.61 Å². The van der Waals surface area contributed by atoms with Gasteiger partial charge in [-0.15, -0.1) is 0 Å². The van der Waals surface area contributed by atoms with Crippen molar-refractivity contribution >= 4 is 0 Å². The van der Waals surface area contributed by atoms with Crippen molar-refractivity contribution in [1.29, 1.82) is 0 Å². The molecule has 1 rings (SSSR count). The normalized spacial score (nSPS) is 24.2. The maximum atomic E-state index is 13.2. The maximum Gasteiger partial charge on any atom is 0.128 e. The summed E-state index contributed by atoms with van der Waals surface area (Å²) in [5.74, 6) is 4.96. The molecule has 1 saturated heterocycles. The molecule has 0 aliphatic carbocycles. The van der Waals surface area contributed by atoms with E-state index in [-0.39, 0.29) is 12.5 Å². The van der Waals surface area contributed by atoms with Gasteiger partial charge in [0.1, 0.15) is 6.17 Å². The molecular formula is C8H17FN2O. The van der Waals surface area contributed by atoms with Crippen LogP contribution in [0.3, 0.4) is 0 Å². The highest BCUT2D eigenvalue weighted by Crippen LogP contribution is 2.21. The number of likely N-dealkylation sites (tertiary alicyclic amines) is 1. The average molecular weight is 176 g/mol. The van der Waals surface area contributed by atoms with Crippen LogP contribution in [0, 0.1) is 5.92 Å². The van der Waals surface area contributed by atoms with Crippen molar-refractivity contribution in [3.05, 3.63) is 0 Å². The highest BCUT2D eigenvalue weighted by Gasteiger charge is 2.24. The van der Waals surface area contributed by atoms with Gasteiger partial charge in [-0.25, -0.2) is 10.3 Å². The zero-order chi connectivity index (χ0) is 8.97. The molecule has 0 aromatic carbocycles. The minimum absolute atomic E-state index is 0.0361. The second kappa shape index (κ2) is 4.74. The largest absolute Gasteiger partial charge is 0.306 e. The second-order valence-electron chi connectivity index (χ2n) is 3.49. The van der Waals surface area contributed by atoms with Crippen molar-refractivity contribution < 1.29 is 9.23 Å². The first-order valence-electron chi connectivity index (χ1n) is 4.38. The molecular weight excluding hydrogens is 159 g/mol. The summed E-state index contributed by atoms with van der Waals surface area (Å²) in [6.07, 6.45) is 0.950. The Balaban J connectivity index is 2.24. The molecule has 0 radical (unpaired) electrons. The molecule has 1 heterocycles. The topological polar surface area (TPSA) is 38.5 Å². The summed E-state index contributed by atoms with van der Waals surface area (Å²) in [5, 5.41) is 0. The monoisotopic (exact) mass is 176 g/mol. The smallest absolute Gasteiger partial charge is 0.128 e. The molecule has 0 spiro atoms. The van der Waals surface area contributed by atoms with Crippen LogP contribution in [0.25, 0.3) is 0 Å². The molecule has 4 heteroatoms. The molecule has 1 aliphatic rings. The zero-order valence-electron chi connectivity index (χ0n) is 7.50. The summed E-state index contributed by atoms with van der Waals surface area (Å²) in [6, 6.07) is 0. The van der Waals surface area contributed by atoms with E-state index in [4.69, 9.17) is 5.90 Å². The molecule has 0 aromatic heterocycles. The van der Waals surface area contributed by atoms with Gasteiger partial charge in [-0.05, 0) is 38.9 Å². The number of piperidine rings is 1. The molecule has 12 heavy (non-hydrogen) atoms. The van der Waals surface area contributed by atoms with Crippen molar-refractivity contribution in [2.45, 2.75) is 19.0 Å². The van der Waals surface area contributed by atoms with Crippen LogP contribution in [0.2, 0.25) is 0 Å². The Kier molecular flexibility index (Phi) is 3.91. The van der Waals surface area contributed by atoms with E-state index in [1.165, 1.54) is 0 Å². The van der Waals surface area contributed by atoms with Gasteiger partial charge in [-0.2, -0.15) is 0 Å². The predicted octanol–water partition coefficient (Wildman–Crippen LogP) is 0.557. The van der Waals surface area contributed by atoms with E-state index in [1.54, 1.807) is 0 Å². The zero-order valence-corrected chi connectivity index (χ0v) is 7.50. The third kappa shape index (κ3) is 2.69. The summed E-state index contributed by atoms with van der Waals surface area (Å²) < 4.78 is 13.2. The summed E-state index contributed by atoms with van der Waals surface area (Å²) in [5.41, 5.74) is 0. The molecule has 1 unspecified atom stereocenters.